The molecule has 1 fully saturated rings. The quantitative estimate of drug-likeness (QED) is 0.868. The van der Waals surface area contributed by atoms with E-state index in [1.165, 1.54) is 0 Å². The number of thioether (sulfide) groups is 1. The molecule has 1 aliphatic rings. The minimum atomic E-state index is 0.0286. The number of nitrogens with one attached hydrogen (secondary N) is 1. The molecule has 0 saturated carbocycles. The second-order valence-electron chi connectivity index (χ2n) is 4.80. The number of ether oxygens (including phenoxy) is 1. The van der Waals surface area contributed by atoms with E-state index in [2.05, 4.69) is 5.32 Å². The molecular weight excluding hydrogens is 272 g/mol. The Hall–Kier alpha value is -1.36. The zero-order valence-electron chi connectivity index (χ0n) is 11.9. The second-order valence-corrected chi connectivity index (χ2v) is 6.02. The van der Waals surface area contributed by atoms with Crippen LogP contribution in [0.4, 0.5) is 4.79 Å². The molecule has 0 bridgehead atoms. The number of rotatable bonds is 4. The molecule has 2 amide bonds. The third-order valence-electron chi connectivity index (χ3n) is 3.24. The first kappa shape index (κ1) is 15.0. The average molecular weight is 294 g/mol. The summed E-state index contributed by atoms with van der Waals surface area (Å²) in [5.41, 5.74) is 1.11. The standard InChI is InChI=1S/C15H22N2O2S/c1-13-5-2-3-6-14(13)19-10-7-16-15(18)17-8-4-11-20-12-9-17/h2-3,5-6H,4,7-12H2,1H3,(H,16,18). The molecule has 110 valence electrons. The number of urea groups is 1. The summed E-state index contributed by atoms with van der Waals surface area (Å²) in [7, 11) is 0. The SMILES string of the molecule is Cc1ccccc1OCCNC(=O)N1CCCSCC1. The van der Waals surface area contributed by atoms with Crippen molar-refractivity contribution in [3.8, 4) is 5.75 Å². The summed E-state index contributed by atoms with van der Waals surface area (Å²) in [6.07, 6.45) is 1.08. The normalized spacial score (nSPS) is 15.6. The predicted molar refractivity (Wildman–Crippen MR) is 83.6 cm³/mol. The Morgan fingerprint density at radius 3 is 3.05 bits per heavy atom. The highest BCUT2D eigenvalue weighted by molar-refractivity contribution is 7.99. The number of amides is 2. The molecule has 2 rings (SSSR count). The van der Waals surface area contributed by atoms with E-state index in [-0.39, 0.29) is 6.03 Å². The van der Waals surface area contributed by atoms with Crippen molar-refractivity contribution in [2.45, 2.75) is 13.3 Å². The highest BCUT2D eigenvalue weighted by Crippen LogP contribution is 2.15. The molecule has 0 atom stereocenters. The summed E-state index contributed by atoms with van der Waals surface area (Å²) in [5, 5.41) is 2.92. The van der Waals surface area contributed by atoms with Gasteiger partial charge in [0.25, 0.3) is 0 Å². The molecule has 1 aliphatic heterocycles. The zero-order valence-corrected chi connectivity index (χ0v) is 12.7. The Kier molecular flexibility index (Phi) is 6.05. The van der Waals surface area contributed by atoms with Gasteiger partial charge >= 0.3 is 6.03 Å². The third-order valence-corrected chi connectivity index (χ3v) is 4.29. The van der Waals surface area contributed by atoms with Gasteiger partial charge in [0.15, 0.2) is 0 Å². The Labute approximate surface area is 124 Å². The first-order valence-electron chi connectivity index (χ1n) is 7.06. The van der Waals surface area contributed by atoms with E-state index in [1.807, 2.05) is 47.9 Å². The van der Waals surface area contributed by atoms with Crippen molar-refractivity contribution in [3.05, 3.63) is 29.8 Å². The zero-order chi connectivity index (χ0) is 14.2. The highest BCUT2D eigenvalue weighted by Gasteiger charge is 2.14. The van der Waals surface area contributed by atoms with E-state index < -0.39 is 0 Å². The lowest BCUT2D eigenvalue weighted by Crippen LogP contribution is -2.42. The molecule has 20 heavy (non-hydrogen) atoms. The number of nitrogens with zero attached hydrogens (tertiary/aromatic N) is 1. The van der Waals surface area contributed by atoms with Crippen molar-refractivity contribution in [2.24, 2.45) is 0 Å². The Balaban J connectivity index is 1.67. The van der Waals surface area contributed by atoms with E-state index in [0.717, 1.165) is 42.3 Å². The molecule has 1 saturated heterocycles. The maximum absolute atomic E-state index is 12.0. The van der Waals surface area contributed by atoms with Gasteiger partial charge in [-0.25, -0.2) is 4.79 Å². The van der Waals surface area contributed by atoms with Gasteiger partial charge in [-0.1, -0.05) is 18.2 Å². The molecule has 1 heterocycles. The minimum absolute atomic E-state index is 0.0286. The van der Waals surface area contributed by atoms with Crippen LogP contribution in [0.5, 0.6) is 5.75 Å². The van der Waals surface area contributed by atoms with Gasteiger partial charge in [0.05, 0.1) is 6.54 Å². The van der Waals surface area contributed by atoms with Crippen molar-refractivity contribution < 1.29 is 9.53 Å². The summed E-state index contributed by atoms with van der Waals surface area (Å²) >= 11 is 1.92. The van der Waals surface area contributed by atoms with E-state index >= 15 is 0 Å². The average Bonchev–Trinajstić information content (AvgIpc) is 2.74. The van der Waals surface area contributed by atoms with Gasteiger partial charge in [0.2, 0.25) is 0 Å². The van der Waals surface area contributed by atoms with Crippen LogP contribution < -0.4 is 10.1 Å². The lowest BCUT2D eigenvalue weighted by molar-refractivity contribution is 0.198. The van der Waals surface area contributed by atoms with Crippen LogP contribution >= 0.6 is 11.8 Å². The molecular formula is C15H22N2O2S. The fourth-order valence-corrected chi connectivity index (χ4v) is 2.99. The molecule has 4 nitrogen and oxygen atoms in total. The summed E-state index contributed by atoms with van der Waals surface area (Å²) in [5.74, 6) is 3.07. The number of carbonyl (C=O) groups is 1. The summed E-state index contributed by atoms with van der Waals surface area (Å²) < 4.78 is 5.66. The van der Waals surface area contributed by atoms with Gasteiger partial charge < -0.3 is 15.0 Å². The van der Waals surface area contributed by atoms with Crippen LogP contribution in [0.1, 0.15) is 12.0 Å². The van der Waals surface area contributed by atoms with E-state index in [9.17, 15) is 4.79 Å². The van der Waals surface area contributed by atoms with Crippen LogP contribution in [0.2, 0.25) is 0 Å². The van der Waals surface area contributed by atoms with Gasteiger partial charge in [-0.2, -0.15) is 11.8 Å². The van der Waals surface area contributed by atoms with E-state index in [4.69, 9.17) is 4.74 Å². The summed E-state index contributed by atoms with van der Waals surface area (Å²) in [4.78, 5) is 13.9. The highest BCUT2D eigenvalue weighted by atomic mass is 32.2. The van der Waals surface area contributed by atoms with Gasteiger partial charge in [-0.15, -0.1) is 0 Å². The molecule has 1 aromatic carbocycles. The van der Waals surface area contributed by atoms with Crippen molar-refractivity contribution in [1.82, 2.24) is 10.2 Å². The van der Waals surface area contributed by atoms with Crippen LogP contribution in [-0.4, -0.2) is 48.7 Å². The number of aryl methyl sites for hydroxylation is 1. The second kappa shape index (κ2) is 8.04. The molecule has 0 radical (unpaired) electrons. The number of hydrogen-bond acceptors (Lipinski definition) is 3. The summed E-state index contributed by atoms with van der Waals surface area (Å²) in [6, 6.07) is 7.93. The Bertz CT molecular complexity index is 432. The molecule has 0 unspecified atom stereocenters. The summed E-state index contributed by atoms with van der Waals surface area (Å²) in [6.45, 7) is 4.76. The monoisotopic (exact) mass is 294 g/mol. The molecule has 0 aromatic heterocycles. The van der Waals surface area contributed by atoms with Crippen LogP contribution in [-0.2, 0) is 0 Å². The van der Waals surface area contributed by atoms with Crippen LogP contribution in [0.15, 0.2) is 24.3 Å². The molecule has 1 aromatic rings. The lowest BCUT2D eigenvalue weighted by atomic mass is 10.2. The third kappa shape index (κ3) is 4.63. The fraction of sp³-hybridized carbons (Fsp3) is 0.533. The van der Waals surface area contributed by atoms with Gasteiger partial charge in [0.1, 0.15) is 12.4 Å². The van der Waals surface area contributed by atoms with Gasteiger partial charge in [-0.05, 0) is 30.7 Å². The van der Waals surface area contributed by atoms with Crippen molar-refractivity contribution in [3.63, 3.8) is 0 Å². The van der Waals surface area contributed by atoms with Crippen molar-refractivity contribution >= 4 is 17.8 Å². The molecule has 0 aliphatic carbocycles. The number of carbonyl (C=O) groups excluding carboxylic acids is 1. The Morgan fingerprint density at radius 2 is 2.20 bits per heavy atom. The fourth-order valence-electron chi connectivity index (χ4n) is 2.10. The van der Waals surface area contributed by atoms with Gasteiger partial charge in [0, 0.05) is 18.8 Å². The lowest BCUT2D eigenvalue weighted by Gasteiger charge is -2.20. The van der Waals surface area contributed by atoms with Crippen molar-refractivity contribution in [2.75, 3.05) is 37.7 Å². The molecule has 5 heteroatoms. The van der Waals surface area contributed by atoms with E-state index in [0.29, 0.717) is 13.2 Å². The van der Waals surface area contributed by atoms with Crippen LogP contribution in [0.3, 0.4) is 0 Å². The number of benzene rings is 1. The predicted octanol–water partition coefficient (Wildman–Crippen LogP) is 2.52. The van der Waals surface area contributed by atoms with Crippen LogP contribution in [0, 0.1) is 6.92 Å². The first-order valence-corrected chi connectivity index (χ1v) is 8.22. The van der Waals surface area contributed by atoms with E-state index in [1.54, 1.807) is 0 Å². The number of para-hydroxylation sites is 1. The Morgan fingerprint density at radius 1 is 1.35 bits per heavy atom. The maximum Gasteiger partial charge on any atom is 0.317 e. The first-order chi connectivity index (χ1) is 9.77. The minimum Gasteiger partial charge on any atom is -0.491 e. The molecule has 1 N–H and O–H groups in total. The number of hydrogen-bond donors (Lipinski definition) is 1. The van der Waals surface area contributed by atoms with Crippen LogP contribution in [0.25, 0.3) is 0 Å². The molecule has 0 spiro atoms. The van der Waals surface area contributed by atoms with Gasteiger partial charge in [-0.3, -0.25) is 0 Å². The topological polar surface area (TPSA) is 41.6 Å². The smallest absolute Gasteiger partial charge is 0.317 e. The maximum atomic E-state index is 12.0. The largest absolute Gasteiger partial charge is 0.491 e. The van der Waals surface area contributed by atoms with Crippen molar-refractivity contribution in [1.29, 1.82) is 0 Å².